The van der Waals surface area contributed by atoms with Crippen LogP contribution < -0.4 is 10.6 Å². The summed E-state index contributed by atoms with van der Waals surface area (Å²) in [4.78, 5) is 56.0. The fraction of sp³-hybridized carbons (Fsp3) is 0.343. The summed E-state index contributed by atoms with van der Waals surface area (Å²) in [5.41, 5.74) is 9.29. The number of H-pyrrole nitrogens is 1. The maximum Gasteiger partial charge on any atom is 0.303 e. The number of aromatic amines is 1. The Morgan fingerprint density at radius 3 is 2.00 bits per heavy atom. The van der Waals surface area contributed by atoms with Gasteiger partial charge in [-0.15, -0.1) is 0 Å². The summed E-state index contributed by atoms with van der Waals surface area (Å²) in [6.45, 7) is 16.8. The quantitative estimate of drug-likeness (QED) is 0.198. The monoisotopic (exact) mass is 630 g/mol. The van der Waals surface area contributed by atoms with Crippen molar-refractivity contribution in [3.05, 3.63) is 98.7 Å². The largest absolute Gasteiger partial charge is 0.481 e. The molecular formula is C35H42N4O7. The van der Waals surface area contributed by atoms with Gasteiger partial charge in [0, 0.05) is 59.7 Å². The average Bonchev–Trinajstić information content (AvgIpc) is 3.63. The molecule has 2 amide bonds. The fourth-order valence-corrected chi connectivity index (χ4v) is 5.72. The van der Waals surface area contributed by atoms with E-state index in [1.54, 1.807) is 26.0 Å². The molecule has 0 aliphatic carbocycles. The molecule has 1 unspecified atom stereocenters. The molecule has 11 nitrogen and oxygen atoms in total. The van der Waals surface area contributed by atoms with E-state index in [0.29, 0.717) is 46.7 Å². The minimum atomic E-state index is -0.923. The fourth-order valence-electron chi connectivity index (χ4n) is 5.72. The van der Waals surface area contributed by atoms with Crippen LogP contribution in [0, 0.1) is 6.92 Å². The van der Waals surface area contributed by atoms with Crippen LogP contribution in [0.25, 0.3) is 6.08 Å². The van der Waals surface area contributed by atoms with Crippen LogP contribution in [0.3, 0.4) is 0 Å². The van der Waals surface area contributed by atoms with Crippen LogP contribution in [0.15, 0.2) is 81.2 Å². The van der Waals surface area contributed by atoms with Crippen molar-refractivity contribution in [2.75, 3.05) is 6.61 Å². The van der Waals surface area contributed by atoms with Gasteiger partial charge in [-0.05, 0) is 87.5 Å². The molecule has 3 aliphatic heterocycles. The van der Waals surface area contributed by atoms with Crippen molar-refractivity contribution in [3.8, 4) is 0 Å². The molecule has 4 heterocycles. The van der Waals surface area contributed by atoms with Crippen molar-refractivity contribution >= 4 is 35.5 Å². The first-order chi connectivity index (χ1) is 21.8. The minimum Gasteiger partial charge on any atom is -0.481 e. The van der Waals surface area contributed by atoms with E-state index in [-0.39, 0.29) is 37.7 Å². The zero-order valence-corrected chi connectivity index (χ0v) is 27.0. The first kappa shape index (κ1) is 35.4. The number of allylic oxidation sites excluding steroid dienone is 4. The number of carboxylic acids is 2. The second kappa shape index (κ2) is 15.3. The standard InChI is InChI=1S/C33H36N4O6.C2H6O/c1-7-20-19(6)32(42)37-27(20)14-25-18(5)23(10-12-31(40)41)29(35-25)15-28-22(9-11-30(38)39)17(4)24(34-28)13-26-16(3)21(8-2)33(43)36-26;1-2-3/h7-8,13-14,28,35H,1-2,9-12,15H2,3-6H3,(H,36,43)(H,37,42)(H,38,39)(H,40,41);3H,2H2,1H3. The van der Waals surface area contributed by atoms with Gasteiger partial charge in [-0.2, -0.15) is 0 Å². The van der Waals surface area contributed by atoms with E-state index < -0.39 is 18.0 Å². The Bertz CT molecular complexity index is 1680. The average molecular weight is 631 g/mol. The number of hydrogen-bond donors (Lipinski definition) is 6. The Kier molecular flexibility index (Phi) is 11.8. The van der Waals surface area contributed by atoms with E-state index in [1.165, 1.54) is 6.08 Å². The highest BCUT2D eigenvalue weighted by Gasteiger charge is 2.30. The van der Waals surface area contributed by atoms with Crippen LogP contribution in [0.5, 0.6) is 0 Å². The van der Waals surface area contributed by atoms with Crippen molar-refractivity contribution in [2.45, 2.75) is 72.8 Å². The molecule has 1 atom stereocenters. The topological polar surface area (TPSA) is 181 Å². The summed E-state index contributed by atoms with van der Waals surface area (Å²) in [7, 11) is 0. The number of nitrogens with zero attached hydrogens (tertiary/aromatic N) is 1. The minimum absolute atomic E-state index is 0.0679. The van der Waals surface area contributed by atoms with Gasteiger partial charge in [0.1, 0.15) is 0 Å². The third-order valence-electron chi connectivity index (χ3n) is 8.23. The van der Waals surface area contributed by atoms with Gasteiger partial charge in [-0.25, -0.2) is 0 Å². The molecule has 0 radical (unpaired) electrons. The number of amides is 2. The number of aromatic nitrogens is 1. The number of rotatable bonds is 12. The second-order valence-electron chi connectivity index (χ2n) is 11.1. The highest BCUT2D eigenvalue weighted by atomic mass is 16.4. The summed E-state index contributed by atoms with van der Waals surface area (Å²) < 4.78 is 0. The molecule has 244 valence electrons. The van der Waals surface area contributed by atoms with Gasteiger partial charge in [0.2, 0.25) is 0 Å². The molecule has 0 saturated heterocycles. The highest BCUT2D eigenvalue weighted by molar-refractivity contribution is 6.13. The second-order valence-corrected chi connectivity index (χ2v) is 11.1. The Labute approximate surface area is 268 Å². The molecule has 6 N–H and O–H groups in total. The van der Waals surface area contributed by atoms with Gasteiger partial charge in [-0.1, -0.05) is 25.3 Å². The van der Waals surface area contributed by atoms with Gasteiger partial charge in [0.25, 0.3) is 11.8 Å². The van der Waals surface area contributed by atoms with Gasteiger partial charge in [-0.3, -0.25) is 24.2 Å². The smallest absolute Gasteiger partial charge is 0.303 e. The molecule has 0 bridgehead atoms. The summed E-state index contributed by atoms with van der Waals surface area (Å²) in [5.74, 6) is -2.29. The van der Waals surface area contributed by atoms with Crippen molar-refractivity contribution in [2.24, 2.45) is 4.99 Å². The van der Waals surface area contributed by atoms with Gasteiger partial charge < -0.3 is 30.9 Å². The first-order valence-electron chi connectivity index (χ1n) is 15.0. The molecule has 1 aromatic heterocycles. The molecule has 0 saturated carbocycles. The van der Waals surface area contributed by atoms with E-state index in [0.717, 1.165) is 39.2 Å². The highest BCUT2D eigenvalue weighted by Crippen LogP contribution is 2.33. The zero-order chi connectivity index (χ0) is 34.3. The Morgan fingerprint density at radius 1 is 0.848 bits per heavy atom. The Morgan fingerprint density at radius 2 is 1.43 bits per heavy atom. The number of aliphatic hydroxyl groups is 1. The van der Waals surface area contributed by atoms with Crippen LogP contribution in [-0.4, -0.2) is 62.4 Å². The predicted octanol–water partition coefficient (Wildman–Crippen LogP) is 4.38. The van der Waals surface area contributed by atoms with E-state index in [9.17, 15) is 29.4 Å². The maximum absolute atomic E-state index is 12.3. The molecule has 0 aromatic carbocycles. The molecule has 4 rings (SSSR count). The van der Waals surface area contributed by atoms with Crippen LogP contribution in [0.2, 0.25) is 0 Å². The molecule has 0 spiro atoms. The van der Waals surface area contributed by atoms with E-state index in [4.69, 9.17) is 10.1 Å². The lowest BCUT2D eigenvalue weighted by Gasteiger charge is -2.14. The lowest BCUT2D eigenvalue weighted by molar-refractivity contribution is -0.138. The SMILES string of the molecule is C=CC1=C(C)C(=CC2=NC(Cc3[nH]c(C=C4NC(=O)C(C)=C4C=C)c(C)c3CCC(=O)O)C(CCC(=O)O)=C2C)NC1=O.CCO. The normalized spacial score (nSPS) is 19.4. The van der Waals surface area contributed by atoms with Crippen molar-refractivity contribution < 1.29 is 34.5 Å². The van der Waals surface area contributed by atoms with Crippen molar-refractivity contribution in [1.29, 1.82) is 0 Å². The molecule has 0 fully saturated rings. The summed E-state index contributed by atoms with van der Waals surface area (Å²) in [6.07, 6.45) is 7.58. The Balaban J connectivity index is 0.00000185. The zero-order valence-electron chi connectivity index (χ0n) is 27.0. The molecular weight excluding hydrogens is 588 g/mol. The summed E-state index contributed by atoms with van der Waals surface area (Å²) >= 11 is 0. The summed E-state index contributed by atoms with van der Waals surface area (Å²) in [5, 5.41) is 32.1. The van der Waals surface area contributed by atoms with Crippen LogP contribution >= 0.6 is 0 Å². The van der Waals surface area contributed by atoms with Gasteiger partial charge in [0.05, 0.1) is 17.5 Å². The van der Waals surface area contributed by atoms with Crippen molar-refractivity contribution in [1.82, 2.24) is 15.6 Å². The number of carboxylic acid groups (broad SMARTS) is 2. The number of aliphatic carboxylic acids is 2. The number of carbonyl (C=O) groups excluding carboxylic acids is 2. The Hall–Kier alpha value is -5.03. The number of carbonyl (C=O) groups is 4. The van der Waals surface area contributed by atoms with Crippen LogP contribution in [0.1, 0.15) is 69.5 Å². The predicted molar refractivity (Wildman–Crippen MR) is 177 cm³/mol. The van der Waals surface area contributed by atoms with E-state index in [2.05, 4.69) is 28.8 Å². The molecule has 1 aromatic rings. The molecule has 11 heteroatoms. The van der Waals surface area contributed by atoms with Crippen LogP contribution in [0.4, 0.5) is 0 Å². The number of aliphatic hydroxyl groups excluding tert-OH is 1. The third kappa shape index (κ3) is 7.78. The molecule has 46 heavy (non-hydrogen) atoms. The lowest BCUT2D eigenvalue weighted by Crippen LogP contribution is -2.16. The van der Waals surface area contributed by atoms with E-state index >= 15 is 0 Å². The van der Waals surface area contributed by atoms with Crippen LogP contribution in [-0.2, 0) is 32.0 Å². The van der Waals surface area contributed by atoms with Gasteiger partial charge in [0.15, 0.2) is 0 Å². The number of aliphatic imine (C=N–C) groups is 1. The third-order valence-corrected chi connectivity index (χ3v) is 8.23. The number of nitrogens with one attached hydrogen (secondary N) is 3. The van der Waals surface area contributed by atoms with Gasteiger partial charge >= 0.3 is 11.9 Å². The maximum atomic E-state index is 12.3. The number of hydrogen-bond acceptors (Lipinski definition) is 6. The molecule has 3 aliphatic rings. The summed E-state index contributed by atoms with van der Waals surface area (Å²) in [6, 6.07) is -0.398. The lowest BCUT2D eigenvalue weighted by atomic mass is 9.93. The van der Waals surface area contributed by atoms with E-state index in [1.807, 2.05) is 26.8 Å². The first-order valence-corrected chi connectivity index (χ1v) is 15.0. The van der Waals surface area contributed by atoms with Crippen molar-refractivity contribution in [3.63, 3.8) is 0 Å².